The minimum Gasteiger partial charge on any atom is -0.497 e. The van der Waals surface area contributed by atoms with Crippen molar-refractivity contribution in [1.82, 2.24) is 20.9 Å². The van der Waals surface area contributed by atoms with Crippen molar-refractivity contribution in [3.8, 4) is 5.75 Å². The van der Waals surface area contributed by atoms with Crippen LogP contribution in [-0.4, -0.2) is 98.7 Å². The maximum Gasteiger partial charge on any atom is 0.243 e. The maximum absolute atomic E-state index is 13.5. The zero-order valence-electron chi connectivity index (χ0n) is 23.0. The summed E-state index contributed by atoms with van der Waals surface area (Å²) in [6.45, 7) is 6.28. The number of nitrogens with one attached hydrogen (secondary N) is 3. The summed E-state index contributed by atoms with van der Waals surface area (Å²) in [5.41, 5.74) is -0.0521. The highest BCUT2D eigenvalue weighted by Gasteiger charge is 2.51. The third-order valence-electron chi connectivity index (χ3n) is 7.47. The summed E-state index contributed by atoms with van der Waals surface area (Å²) in [5.74, 6) is -0.272. The molecule has 2 heterocycles. The molecule has 1 saturated carbocycles. The second-order valence-electron chi connectivity index (χ2n) is 10.9. The van der Waals surface area contributed by atoms with Crippen LogP contribution in [0, 0.1) is 5.92 Å². The number of carbonyl (C=O) groups is 4. The average Bonchev–Trinajstić information content (AvgIpc) is 3.87. The summed E-state index contributed by atoms with van der Waals surface area (Å²) >= 11 is 0. The van der Waals surface area contributed by atoms with Crippen molar-refractivity contribution < 1.29 is 33.4 Å². The van der Waals surface area contributed by atoms with Gasteiger partial charge in [-0.1, -0.05) is 25.0 Å². The lowest BCUT2D eigenvalue weighted by Gasteiger charge is -2.27. The van der Waals surface area contributed by atoms with Crippen LogP contribution in [0.1, 0.15) is 38.7 Å². The summed E-state index contributed by atoms with van der Waals surface area (Å²) < 4.78 is 15.9. The van der Waals surface area contributed by atoms with Gasteiger partial charge in [0.25, 0.3) is 0 Å². The molecule has 11 heteroatoms. The van der Waals surface area contributed by atoms with E-state index in [1.165, 1.54) is 0 Å². The van der Waals surface area contributed by atoms with Crippen LogP contribution < -0.4 is 20.7 Å². The van der Waals surface area contributed by atoms with E-state index in [0.29, 0.717) is 51.0 Å². The van der Waals surface area contributed by atoms with E-state index in [0.717, 1.165) is 18.4 Å². The first-order chi connectivity index (χ1) is 18.7. The number of epoxide rings is 1. The molecule has 2 aliphatic heterocycles. The first-order valence-corrected chi connectivity index (χ1v) is 13.7. The van der Waals surface area contributed by atoms with Crippen molar-refractivity contribution in [2.75, 3.05) is 46.6 Å². The largest absolute Gasteiger partial charge is 0.497 e. The SMILES string of the molecule is COc1ccc(C[C@H](NC(=O)[C@H](C)NC(=O)CN2CCOCC2)C(=O)N[C@@H](CC2CC2)C(=O)[C@@]2(C)CO2)cc1. The number of benzene rings is 1. The normalized spacial score (nSPS) is 23.2. The second-order valence-corrected chi connectivity index (χ2v) is 10.9. The number of morpholine rings is 1. The molecule has 214 valence electrons. The molecule has 0 unspecified atom stereocenters. The third kappa shape index (κ3) is 8.48. The summed E-state index contributed by atoms with van der Waals surface area (Å²) in [5, 5.41) is 8.42. The number of rotatable bonds is 14. The molecule has 0 bridgehead atoms. The topological polar surface area (TPSA) is 139 Å². The van der Waals surface area contributed by atoms with Gasteiger partial charge in [0.1, 0.15) is 23.4 Å². The predicted octanol–water partition coefficient (Wildman–Crippen LogP) is 0.202. The number of ketones is 1. The van der Waals surface area contributed by atoms with Gasteiger partial charge in [0.15, 0.2) is 5.78 Å². The molecule has 2 saturated heterocycles. The second kappa shape index (κ2) is 12.9. The van der Waals surface area contributed by atoms with Gasteiger partial charge in [-0.3, -0.25) is 24.1 Å². The summed E-state index contributed by atoms with van der Waals surface area (Å²) in [6.07, 6.45) is 2.82. The van der Waals surface area contributed by atoms with Gasteiger partial charge in [-0.15, -0.1) is 0 Å². The lowest BCUT2D eigenvalue weighted by atomic mass is 9.95. The minimum absolute atomic E-state index is 0.138. The Bertz CT molecular complexity index is 1030. The standard InChI is InChI=1S/C28H40N4O7/c1-18(29-24(33)16-32-10-12-38-13-11-32)26(35)31-23(15-20-6-8-21(37-3)9-7-20)27(36)30-22(14-19-4-5-19)25(34)28(2)17-39-28/h6-9,18-19,22-23H,4-5,10-17H2,1-3H3,(H,29,33)(H,30,36)(H,31,35)/t18-,22-,23-,28+/m0/s1. The van der Waals surface area contributed by atoms with Crippen LogP contribution in [0.25, 0.3) is 0 Å². The van der Waals surface area contributed by atoms with E-state index in [2.05, 4.69) is 16.0 Å². The molecule has 1 aromatic carbocycles. The lowest BCUT2D eigenvalue weighted by Crippen LogP contribution is -2.57. The Labute approximate surface area is 229 Å². The zero-order chi connectivity index (χ0) is 28.0. The number of amides is 3. The average molecular weight is 545 g/mol. The van der Waals surface area contributed by atoms with E-state index in [-0.39, 0.29) is 24.7 Å². The highest BCUT2D eigenvalue weighted by Crippen LogP contribution is 2.36. The van der Waals surface area contributed by atoms with Gasteiger partial charge >= 0.3 is 0 Å². The highest BCUT2D eigenvalue weighted by molar-refractivity contribution is 5.98. The Hall–Kier alpha value is -3.02. The summed E-state index contributed by atoms with van der Waals surface area (Å²) in [7, 11) is 1.57. The fourth-order valence-corrected chi connectivity index (χ4v) is 4.63. The van der Waals surface area contributed by atoms with Crippen LogP contribution in [0.5, 0.6) is 5.75 Å². The molecule has 3 fully saturated rings. The van der Waals surface area contributed by atoms with Crippen molar-refractivity contribution in [3.63, 3.8) is 0 Å². The number of nitrogens with zero attached hydrogens (tertiary/aromatic N) is 1. The van der Waals surface area contributed by atoms with E-state index < -0.39 is 35.5 Å². The van der Waals surface area contributed by atoms with Crippen LogP contribution in [0.15, 0.2) is 24.3 Å². The molecule has 4 rings (SSSR count). The van der Waals surface area contributed by atoms with E-state index in [4.69, 9.17) is 14.2 Å². The fraction of sp³-hybridized carbons (Fsp3) is 0.643. The Kier molecular flexibility index (Phi) is 9.58. The molecule has 3 aliphatic rings. The number of hydrogen-bond acceptors (Lipinski definition) is 8. The van der Waals surface area contributed by atoms with Gasteiger partial charge in [0, 0.05) is 19.5 Å². The molecule has 0 radical (unpaired) electrons. The first kappa shape index (κ1) is 29.0. The van der Waals surface area contributed by atoms with Gasteiger partial charge < -0.3 is 30.2 Å². The van der Waals surface area contributed by atoms with Crippen LogP contribution in [-0.2, 0) is 35.1 Å². The van der Waals surface area contributed by atoms with Crippen LogP contribution >= 0.6 is 0 Å². The molecular weight excluding hydrogens is 504 g/mol. The monoisotopic (exact) mass is 544 g/mol. The molecule has 1 aromatic rings. The first-order valence-electron chi connectivity index (χ1n) is 13.7. The minimum atomic E-state index is -0.952. The van der Waals surface area contributed by atoms with E-state index in [1.54, 1.807) is 33.1 Å². The molecular formula is C28H40N4O7. The highest BCUT2D eigenvalue weighted by atomic mass is 16.6. The van der Waals surface area contributed by atoms with Crippen LogP contribution in [0.3, 0.4) is 0 Å². The van der Waals surface area contributed by atoms with Crippen molar-refractivity contribution in [1.29, 1.82) is 0 Å². The van der Waals surface area contributed by atoms with E-state index >= 15 is 0 Å². The van der Waals surface area contributed by atoms with Gasteiger partial charge in [-0.2, -0.15) is 0 Å². The number of carbonyl (C=O) groups excluding carboxylic acids is 4. The van der Waals surface area contributed by atoms with Crippen molar-refractivity contribution in [2.45, 2.75) is 63.3 Å². The molecule has 0 aromatic heterocycles. The molecule has 3 N–H and O–H groups in total. The Balaban J connectivity index is 1.41. The van der Waals surface area contributed by atoms with Gasteiger partial charge in [-0.05, 0) is 43.9 Å². The molecule has 1 aliphatic carbocycles. The molecule has 39 heavy (non-hydrogen) atoms. The third-order valence-corrected chi connectivity index (χ3v) is 7.47. The zero-order valence-corrected chi connectivity index (χ0v) is 23.0. The lowest BCUT2D eigenvalue weighted by molar-refractivity contribution is -0.134. The smallest absolute Gasteiger partial charge is 0.243 e. The maximum atomic E-state index is 13.5. The quantitative estimate of drug-likeness (QED) is 0.283. The molecule has 4 atom stereocenters. The van der Waals surface area contributed by atoms with E-state index in [9.17, 15) is 19.2 Å². The van der Waals surface area contributed by atoms with Crippen molar-refractivity contribution >= 4 is 23.5 Å². The van der Waals surface area contributed by atoms with Gasteiger partial charge in [-0.25, -0.2) is 0 Å². The van der Waals surface area contributed by atoms with Crippen LogP contribution in [0.4, 0.5) is 0 Å². The predicted molar refractivity (Wildman–Crippen MR) is 142 cm³/mol. The molecule has 0 spiro atoms. The van der Waals surface area contributed by atoms with Gasteiger partial charge in [0.2, 0.25) is 17.7 Å². The van der Waals surface area contributed by atoms with Crippen molar-refractivity contribution in [3.05, 3.63) is 29.8 Å². The van der Waals surface area contributed by atoms with E-state index in [1.807, 2.05) is 17.0 Å². The van der Waals surface area contributed by atoms with Crippen molar-refractivity contribution in [2.24, 2.45) is 5.92 Å². The number of Topliss-reactive ketones (excluding diaryl/α,β-unsaturated/α-hetero) is 1. The Morgan fingerprint density at radius 1 is 1.03 bits per heavy atom. The number of hydrogen-bond donors (Lipinski definition) is 3. The summed E-state index contributed by atoms with van der Waals surface area (Å²) in [6, 6.07) is 4.73. The Morgan fingerprint density at radius 3 is 2.26 bits per heavy atom. The fourth-order valence-electron chi connectivity index (χ4n) is 4.63. The number of ether oxygens (including phenoxy) is 3. The number of methoxy groups -OCH3 is 1. The summed E-state index contributed by atoms with van der Waals surface area (Å²) in [4.78, 5) is 54.2. The Morgan fingerprint density at radius 2 is 1.67 bits per heavy atom. The van der Waals surface area contributed by atoms with Crippen LogP contribution in [0.2, 0.25) is 0 Å². The molecule has 3 amide bonds. The molecule has 11 nitrogen and oxygen atoms in total. The van der Waals surface area contributed by atoms with Gasteiger partial charge in [0.05, 0.1) is 39.5 Å².